The summed E-state index contributed by atoms with van der Waals surface area (Å²) in [7, 11) is 1.66. The maximum atomic E-state index is 6.49. The molecule has 0 heterocycles. The molecular formula is C15H15ClO. The monoisotopic (exact) mass is 246 g/mol. The van der Waals surface area contributed by atoms with E-state index in [9.17, 15) is 0 Å². The lowest BCUT2D eigenvalue weighted by atomic mass is 10.0. The van der Waals surface area contributed by atoms with Crippen LogP contribution in [0.4, 0.5) is 0 Å². The molecule has 0 amide bonds. The first-order valence-corrected chi connectivity index (χ1v) is 5.99. The van der Waals surface area contributed by atoms with Gasteiger partial charge in [0.2, 0.25) is 0 Å². The van der Waals surface area contributed by atoms with Crippen LogP contribution in [0.15, 0.2) is 48.5 Å². The van der Waals surface area contributed by atoms with Gasteiger partial charge in [-0.2, -0.15) is 0 Å². The molecule has 0 aliphatic carbocycles. The van der Waals surface area contributed by atoms with Crippen LogP contribution in [-0.2, 0) is 0 Å². The normalized spacial score (nSPS) is 12.2. The Hall–Kier alpha value is -1.47. The first-order valence-electron chi connectivity index (χ1n) is 5.56. The Kier molecular flexibility index (Phi) is 3.70. The van der Waals surface area contributed by atoms with Gasteiger partial charge in [0.05, 0.1) is 12.5 Å². The predicted octanol–water partition coefficient (Wildman–Crippen LogP) is 4.33. The molecule has 1 unspecified atom stereocenters. The van der Waals surface area contributed by atoms with Crippen molar-refractivity contribution in [2.24, 2.45) is 0 Å². The van der Waals surface area contributed by atoms with Gasteiger partial charge in [-0.1, -0.05) is 48.0 Å². The highest BCUT2D eigenvalue weighted by molar-refractivity contribution is 6.22. The third kappa shape index (κ3) is 2.62. The number of hydrogen-bond donors (Lipinski definition) is 0. The van der Waals surface area contributed by atoms with E-state index in [1.54, 1.807) is 7.11 Å². The van der Waals surface area contributed by atoms with E-state index in [1.165, 1.54) is 5.56 Å². The lowest BCUT2D eigenvalue weighted by Gasteiger charge is -2.14. The van der Waals surface area contributed by atoms with Crippen LogP contribution in [0.2, 0.25) is 0 Å². The summed E-state index contributed by atoms with van der Waals surface area (Å²) in [5.74, 6) is 0.827. The van der Waals surface area contributed by atoms with E-state index in [0.717, 1.165) is 16.9 Å². The molecular weight excluding hydrogens is 232 g/mol. The lowest BCUT2D eigenvalue weighted by Crippen LogP contribution is -1.97. The summed E-state index contributed by atoms with van der Waals surface area (Å²) < 4.78 is 5.33. The number of rotatable bonds is 3. The molecule has 0 fully saturated rings. The Morgan fingerprint density at radius 2 is 1.65 bits per heavy atom. The summed E-state index contributed by atoms with van der Waals surface area (Å²) in [4.78, 5) is 0. The molecule has 0 N–H and O–H groups in total. The van der Waals surface area contributed by atoms with Gasteiger partial charge >= 0.3 is 0 Å². The van der Waals surface area contributed by atoms with Crippen molar-refractivity contribution < 1.29 is 4.74 Å². The lowest BCUT2D eigenvalue weighted by molar-refractivity contribution is 0.410. The quantitative estimate of drug-likeness (QED) is 0.733. The zero-order chi connectivity index (χ0) is 12.3. The van der Waals surface area contributed by atoms with Crippen LogP contribution in [0.1, 0.15) is 22.1 Å². The van der Waals surface area contributed by atoms with Crippen LogP contribution in [0, 0.1) is 6.92 Å². The smallest absolute Gasteiger partial charge is 0.123 e. The summed E-state index contributed by atoms with van der Waals surface area (Å²) in [5, 5.41) is -0.174. The molecule has 0 aliphatic rings. The number of alkyl halides is 1. The highest BCUT2D eigenvalue weighted by Gasteiger charge is 2.14. The van der Waals surface area contributed by atoms with E-state index in [-0.39, 0.29) is 5.38 Å². The number of benzene rings is 2. The van der Waals surface area contributed by atoms with E-state index in [4.69, 9.17) is 16.3 Å². The van der Waals surface area contributed by atoms with Crippen molar-refractivity contribution in [1.29, 1.82) is 0 Å². The van der Waals surface area contributed by atoms with Gasteiger partial charge in [0.1, 0.15) is 5.75 Å². The average molecular weight is 247 g/mol. The van der Waals surface area contributed by atoms with E-state index in [2.05, 4.69) is 31.2 Å². The van der Waals surface area contributed by atoms with Crippen LogP contribution < -0.4 is 4.74 Å². The molecule has 0 aliphatic heterocycles. The average Bonchev–Trinajstić information content (AvgIpc) is 2.39. The number of methoxy groups -OCH3 is 1. The van der Waals surface area contributed by atoms with Gasteiger partial charge in [-0.25, -0.2) is 0 Å². The highest BCUT2D eigenvalue weighted by Crippen LogP contribution is 2.34. The number of hydrogen-bond acceptors (Lipinski definition) is 1. The van der Waals surface area contributed by atoms with Gasteiger partial charge in [0, 0.05) is 5.56 Å². The molecule has 0 spiro atoms. The first kappa shape index (κ1) is 12.0. The van der Waals surface area contributed by atoms with Crippen molar-refractivity contribution in [3.8, 4) is 5.75 Å². The zero-order valence-electron chi connectivity index (χ0n) is 9.98. The topological polar surface area (TPSA) is 9.23 Å². The summed E-state index contributed by atoms with van der Waals surface area (Å²) in [6.07, 6.45) is 0. The molecule has 0 saturated carbocycles. The fourth-order valence-electron chi connectivity index (χ4n) is 1.79. The summed E-state index contributed by atoms with van der Waals surface area (Å²) in [5.41, 5.74) is 3.32. The minimum atomic E-state index is -0.174. The van der Waals surface area contributed by atoms with Gasteiger partial charge in [-0.15, -0.1) is 11.6 Å². The number of aryl methyl sites for hydroxylation is 1. The van der Waals surface area contributed by atoms with Gasteiger partial charge in [-0.3, -0.25) is 0 Å². The Labute approximate surface area is 107 Å². The van der Waals surface area contributed by atoms with Crippen molar-refractivity contribution in [3.05, 3.63) is 65.2 Å². The number of halogens is 1. The van der Waals surface area contributed by atoms with Crippen molar-refractivity contribution in [2.75, 3.05) is 7.11 Å². The SMILES string of the molecule is COc1ccccc1C(Cl)c1ccc(C)cc1. The minimum Gasteiger partial charge on any atom is -0.496 e. The summed E-state index contributed by atoms with van der Waals surface area (Å²) >= 11 is 6.49. The van der Waals surface area contributed by atoms with Crippen LogP contribution in [0.25, 0.3) is 0 Å². The molecule has 0 radical (unpaired) electrons. The Morgan fingerprint density at radius 3 is 2.29 bits per heavy atom. The van der Waals surface area contributed by atoms with Gasteiger partial charge in [0.15, 0.2) is 0 Å². The van der Waals surface area contributed by atoms with Gasteiger partial charge < -0.3 is 4.74 Å². The first-order chi connectivity index (χ1) is 8.22. The van der Waals surface area contributed by atoms with E-state index in [1.807, 2.05) is 24.3 Å². The Balaban J connectivity index is 2.36. The molecule has 1 nitrogen and oxygen atoms in total. The van der Waals surface area contributed by atoms with Crippen molar-refractivity contribution >= 4 is 11.6 Å². The number of ether oxygens (including phenoxy) is 1. The molecule has 88 valence electrons. The summed E-state index contributed by atoms with van der Waals surface area (Å²) in [6, 6.07) is 16.1. The van der Waals surface area contributed by atoms with Crippen molar-refractivity contribution in [3.63, 3.8) is 0 Å². The van der Waals surface area contributed by atoms with Crippen LogP contribution in [0.3, 0.4) is 0 Å². The van der Waals surface area contributed by atoms with E-state index >= 15 is 0 Å². The highest BCUT2D eigenvalue weighted by atomic mass is 35.5. The molecule has 0 bridgehead atoms. The predicted molar refractivity (Wildman–Crippen MR) is 71.9 cm³/mol. The second kappa shape index (κ2) is 5.24. The molecule has 1 atom stereocenters. The molecule has 2 aromatic carbocycles. The van der Waals surface area contributed by atoms with Gasteiger partial charge in [-0.05, 0) is 18.6 Å². The van der Waals surface area contributed by atoms with Gasteiger partial charge in [0.25, 0.3) is 0 Å². The molecule has 17 heavy (non-hydrogen) atoms. The standard InChI is InChI=1S/C15H15ClO/c1-11-7-9-12(10-8-11)15(16)13-5-3-4-6-14(13)17-2/h3-10,15H,1-2H3. The maximum absolute atomic E-state index is 6.49. The molecule has 0 aromatic heterocycles. The largest absolute Gasteiger partial charge is 0.496 e. The van der Waals surface area contributed by atoms with E-state index in [0.29, 0.717) is 0 Å². The van der Waals surface area contributed by atoms with Crippen molar-refractivity contribution in [1.82, 2.24) is 0 Å². The third-order valence-electron chi connectivity index (χ3n) is 2.78. The Morgan fingerprint density at radius 1 is 1.00 bits per heavy atom. The van der Waals surface area contributed by atoms with E-state index < -0.39 is 0 Å². The van der Waals surface area contributed by atoms with Crippen molar-refractivity contribution in [2.45, 2.75) is 12.3 Å². The second-order valence-electron chi connectivity index (χ2n) is 4.02. The van der Waals surface area contributed by atoms with Crippen LogP contribution >= 0.6 is 11.6 Å². The molecule has 2 heteroatoms. The molecule has 2 rings (SSSR count). The third-order valence-corrected chi connectivity index (χ3v) is 3.27. The molecule has 0 saturated heterocycles. The maximum Gasteiger partial charge on any atom is 0.123 e. The Bertz CT molecular complexity index is 491. The fraction of sp³-hybridized carbons (Fsp3) is 0.200. The fourth-order valence-corrected chi connectivity index (χ4v) is 2.12. The zero-order valence-corrected chi connectivity index (χ0v) is 10.7. The van der Waals surface area contributed by atoms with Crippen LogP contribution in [-0.4, -0.2) is 7.11 Å². The second-order valence-corrected chi connectivity index (χ2v) is 4.45. The summed E-state index contributed by atoms with van der Waals surface area (Å²) in [6.45, 7) is 2.07. The minimum absolute atomic E-state index is 0.174. The molecule has 2 aromatic rings. The van der Waals surface area contributed by atoms with Crippen LogP contribution in [0.5, 0.6) is 5.75 Å². The number of para-hydroxylation sites is 1.